The quantitative estimate of drug-likeness (QED) is 0.666. The molecule has 0 saturated carbocycles. The summed E-state index contributed by atoms with van der Waals surface area (Å²) in [6.45, 7) is 2.35. The first-order chi connectivity index (χ1) is 11.2. The second-order valence-corrected chi connectivity index (χ2v) is 7.33. The molecule has 2 aromatic rings. The Labute approximate surface area is 151 Å². The van der Waals surface area contributed by atoms with Crippen LogP contribution in [-0.4, -0.2) is 13.1 Å². The standard InChI is InChI=1S/C19H21BrClNO/c20-17-12-16(21)8-9-19(17)23-18-7-2-1-5-15(18)6-3-4-14-10-11-22-13-14/h1-2,5,7-9,12,14,22H,3-4,6,10-11,13H2. The smallest absolute Gasteiger partial charge is 0.141 e. The van der Waals surface area contributed by atoms with E-state index in [9.17, 15) is 0 Å². The van der Waals surface area contributed by atoms with Crippen molar-refractivity contribution in [2.24, 2.45) is 5.92 Å². The Morgan fingerprint density at radius 3 is 2.83 bits per heavy atom. The molecule has 23 heavy (non-hydrogen) atoms. The average Bonchev–Trinajstić information content (AvgIpc) is 3.05. The molecule has 0 amide bonds. The molecule has 1 unspecified atom stereocenters. The normalized spacial score (nSPS) is 17.4. The summed E-state index contributed by atoms with van der Waals surface area (Å²) in [7, 11) is 0. The summed E-state index contributed by atoms with van der Waals surface area (Å²) in [6.07, 6.45) is 4.86. The predicted octanol–water partition coefficient (Wildman–Crippen LogP) is 5.83. The van der Waals surface area contributed by atoms with Crippen LogP contribution in [0.1, 0.15) is 24.8 Å². The van der Waals surface area contributed by atoms with Crippen LogP contribution >= 0.6 is 27.5 Å². The van der Waals surface area contributed by atoms with Gasteiger partial charge in [0.15, 0.2) is 0 Å². The lowest BCUT2D eigenvalue weighted by molar-refractivity contribution is 0.466. The Balaban J connectivity index is 1.65. The van der Waals surface area contributed by atoms with Crippen LogP contribution in [0.4, 0.5) is 0 Å². The summed E-state index contributed by atoms with van der Waals surface area (Å²) in [6, 6.07) is 13.9. The molecule has 2 aromatic carbocycles. The third kappa shape index (κ3) is 4.72. The summed E-state index contributed by atoms with van der Waals surface area (Å²) in [5.74, 6) is 2.57. The SMILES string of the molecule is Clc1ccc(Oc2ccccc2CCCC2CCNC2)c(Br)c1. The number of hydrogen-bond acceptors (Lipinski definition) is 2. The van der Waals surface area contributed by atoms with Gasteiger partial charge in [-0.05, 0) is 90.4 Å². The van der Waals surface area contributed by atoms with Crippen molar-refractivity contribution in [3.63, 3.8) is 0 Å². The summed E-state index contributed by atoms with van der Waals surface area (Å²) < 4.78 is 6.97. The number of halogens is 2. The van der Waals surface area contributed by atoms with Crippen molar-refractivity contribution in [2.75, 3.05) is 13.1 Å². The first-order valence-corrected chi connectivity index (χ1v) is 9.31. The van der Waals surface area contributed by atoms with Gasteiger partial charge >= 0.3 is 0 Å². The second kappa shape index (κ2) is 8.18. The third-order valence-corrected chi connectivity index (χ3v) is 5.16. The summed E-state index contributed by atoms with van der Waals surface area (Å²) in [4.78, 5) is 0. The molecule has 1 saturated heterocycles. The lowest BCUT2D eigenvalue weighted by Gasteiger charge is -2.13. The van der Waals surface area contributed by atoms with Gasteiger partial charge in [-0.2, -0.15) is 0 Å². The predicted molar refractivity (Wildman–Crippen MR) is 99.6 cm³/mol. The average molecular weight is 395 g/mol. The van der Waals surface area contributed by atoms with Gasteiger partial charge in [0.2, 0.25) is 0 Å². The number of nitrogens with one attached hydrogen (secondary N) is 1. The molecular weight excluding hydrogens is 374 g/mol. The molecule has 0 radical (unpaired) electrons. The Bertz CT molecular complexity index is 656. The van der Waals surface area contributed by atoms with E-state index in [0.717, 1.165) is 28.3 Å². The van der Waals surface area contributed by atoms with E-state index in [0.29, 0.717) is 5.02 Å². The molecule has 4 heteroatoms. The van der Waals surface area contributed by atoms with Crippen LogP contribution < -0.4 is 10.1 Å². The minimum absolute atomic E-state index is 0.697. The van der Waals surface area contributed by atoms with Crippen LogP contribution in [0.2, 0.25) is 5.02 Å². The van der Waals surface area contributed by atoms with E-state index in [1.165, 1.54) is 37.9 Å². The van der Waals surface area contributed by atoms with Gasteiger partial charge < -0.3 is 10.1 Å². The molecule has 1 fully saturated rings. The first kappa shape index (κ1) is 16.8. The highest BCUT2D eigenvalue weighted by molar-refractivity contribution is 9.10. The summed E-state index contributed by atoms with van der Waals surface area (Å²) >= 11 is 9.50. The molecule has 2 nitrogen and oxygen atoms in total. The van der Waals surface area contributed by atoms with Crippen LogP contribution in [-0.2, 0) is 6.42 Å². The molecule has 3 rings (SSSR count). The molecule has 0 bridgehead atoms. The van der Waals surface area contributed by atoms with Crippen molar-refractivity contribution in [1.82, 2.24) is 5.32 Å². The Morgan fingerprint density at radius 1 is 1.17 bits per heavy atom. The summed E-state index contributed by atoms with van der Waals surface area (Å²) in [5, 5.41) is 4.13. The van der Waals surface area contributed by atoms with Crippen molar-refractivity contribution in [3.05, 3.63) is 57.5 Å². The maximum Gasteiger partial charge on any atom is 0.141 e. The van der Waals surface area contributed by atoms with Crippen LogP contribution in [0.5, 0.6) is 11.5 Å². The van der Waals surface area contributed by atoms with Crippen molar-refractivity contribution >= 4 is 27.5 Å². The summed E-state index contributed by atoms with van der Waals surface area (Å²) in [5.41, 5.74) is 1.26. The van der Waals surface area contributed by atoms with E-state index < -0.39 is 0 Å². The van der Waals surface area contributed by atoms with E-state index in [4.69, 9.17) is 16.3 Å². The highest BCUT2D eigenvalue weighted by Crippen LogP contribution is 2.34. The van der Waals surface area contributed by atoms with E-state index in [-0.39, 0.29) is 0 Å². The van der Waals surface area contributed by atoms with Gasteiger partial charge in [-0.1, -0.05) is 29.8 Å². The van der Waals surface area contributed by atoms with Gasteiger partial charge in [0.1, 0.15) is 11.5 Å². The van der Waals surface area contributed by atoms with Crippen molar-refractivity contribution < 1.29 is 4.74 Å². The topological polar surface area (TPSA) is 21.3 Å². The van der Waals surface area contributed by atoms with Crippen molar-refractivity contribution in [1.29, 1.82) is 0 Å². The van der Waals surface area contributed by atoms with Crippen LogP contribution in [0.15, 0.2) is 46.9 Å². The Hall–Kier alpha value is -1.03. The van der Waals surface area contributed by atoms with Crippen molar-refractivity contribution in [2.45, 2.75) is 25.7 Å². The molecule has 1 heterocycles. The van der Waals surface area contributed by atoms with E-state index in [1.54, 1.807) is 0 Å². The lowest BCUT2D eigenvalue weighted by Crippen LogP contribution is -2.09. The molecular formula is C19H21BrClNO. The van der Waals surface area contributed by atoms with Gasteiger partial charge in [-0.3, -0.25) is 0 Å². The van der Waals surface area contributed by atoms with E-state index in [1.807, 2.05) is 30.3 Å². The molecule has 1 N–H and O–H groups in total. The zero-order chi connectivity index (χ0) is 16.1. The molecule has 1 atom stereocenters. The minimum Gasteiger partial charge on any atom is -0.456 e. The van der Waals surface area contributed by atoms with Crippen LogP contribution in [0, 0.1) is 5.92 Å². The van der Waals surface area contributed by atoms with Gasteiger partial charge in [-0.25, -0.2) is 0 Å². The fourth-order valence-corrected chi connectivity index (χ4v) is 3.79. The van der Waals surface area contributed by atoms with Gasteiger partial charge in [-0.15, -0.1) is 0 Å². The van der Waals surface area contributed by atoms with Gasteiger partial charge in [0.05, 0.1) is 4.47 Å². The lowest BCUT2D eigenvalue weighted by atomic mass is 9.98. The number of benzene rings is 2. The molecule has 1 aliphatic heterocycles. The van der Waals surface area contributed by atoms with Crippen LogP contribution in [0.3, 0.4) is 0 Å². The molecule has 0 aliphatic carbocycles. The van der Waals surface area contributed by atoms with E-state index in [2.05, 4.69) is 33.4 Å². The number of aryl methyl sites for hydroxylation is 1. The highest BCUT2D eigenvalue weighted by Gasteiger charge is 2.14. The fourth-order valence-electron chi connectivity index (χ4n) is 3.03. The van der Waals surface area contributed by atoms with E-state index >= 15 is 0 Å². The fraction of sp³-hybridized carbons (Fsp3) is 0.368. The second-order valence-electron chi connectivity index (χ2n) is 6.04. The van der Waals surface area contributed by atoms with Gasteiger partial charge in [0.25, 0.3) is 0 Å². The maximum absolute atomic E-state index is 6.10. The third-order valence-electron chi connectivity index (χ3n) is 4.31. The minimum atomic E-state index is 0.697. The number of para-hydroxylation sites is 1. The monoisotopic (exact) mass is 393 g/mol. The number of hydrogen-bond donors (Lipinski definition) is 1. The molecule has 0 spiro atoms. The zero-order valence-electron chi connectivity index (χ0n) is 13.0. The Morgan fingerprint density at radius 2 is 2.04 bits per heavy atom. The van der Waals surface area contributed by atoms with Crippen LogP contribution in [0.25, 0.3) is 0 Å². The van der Waals surface area contributed by atoms with Gasteiger partial charge in [0, 0.05) is 5.02 Å². The van der Waals surface area contributed by atoms with Crippen molar-refractivity contribution in [3.8, 4) is 11.5 Å². The molecule has 122 valence electrons. The number of ether oxygens (including phenoxy) is 1. The largest absolute Gasteiger partial charge is 0.456 e. The zero-order valence-corrected chi connectivity index (χ0v) is 15.4. The first-order valence-electron chi connectivity index (χ1n) is 8.14. The molecule has 1 aliphatic rings. The number of rotatable bonds is 6. The maximum atomic E-state index is 6.10. The highest BCUT2D eigenvalue weighted by atomic mass is 79.9. The molecule has 0 aromatic heterocycles. The Kier molecular flexibility index (Phi) is 5.98.